The molecule has 0 aliphatic carbocycles. The molecule has 0 spiro atoms. The number of hydrogen-bond acceptors (Lipinski definition) is 4. The van der Waals surface area contributed by atoms with Crippen LogP contribution in [0, 0.1) is 11.6 Å². The molecule has 0 aliphatic heterocycles. The summed E-state index contributed by atoms with van der Waals surface area (Å²) in [4.78, 5) is 11.4. The second-order valence-electron chi connectivity index (χ2n) is 5.29. The van der Waals surface area contributed by atoms with Crippen molar-refractivity contribution in [3.05, 3.63) is 60.2 Å². The Morgan fingerprint density at radius 3 is 2.16 bits per heavy atom. The molecule has 1 atom stereocenters. The van der Waals surface area contributed by atoms with Gasteiger partial charge in [-0.3, -0.25) is 9.36 Å². The van der Waals surface area contributed by atoms with E-state index in [1.807, 2.05) is 0 Å². The van der Waals surface area contributed by atoms with E-state index >= 15 is 0 Å². The van der Waals surface area contributed by atoms with Crippen molar-refractivity contribution >= 4 is 17.7 Å². The summed E-state index contributed by atoms with van der Waals surface area (Å²) in [6.45, 7) is 1.66. The predicted molar refractivity (Wildman–Crippen MR) is 91.2 cm³/mol. The molecule has 1 aromatic heterocycles. The van der Waals surface area contributed by atoms with Gasteiger partial charge in [0.05, 0.1) is 5.25 Å². The summed E-state index contributed by atoms with van der Waals surface area (Å²) in [5.74, 6) is -0.777. The fourth-order valence-corrected chi connectivity index (χ4v) is 2.99. The molecule has 0 unspecified atom stereocenters. The zero-order valence-electron chi connectivity index (χ0n) is 13.2. The number of halogens is 2. The van der Waals surface area contributed by atoms with Gasteiger partial charge in [0.15, 0.2) is 11.0 Å². The van der Waals surface area contributed by atoms with Crippen LogP contribution in [0.15, 0.2) is 53.7 Å². The van der Waals surface area contributed by atoms with Gasteiger partial charge in [-0.2, -0.15) is 0 Å². The number of amides is 1. The SMILES string of the molecule is C[C@H](Sc1nnc(-c2ccc(F)cc2)n1-c1ccc(F)cc1)C(N)=O. The third-order valence-electron chi connectivity index (χ3n) is 3.50. The van der Waals surface area contributed by atoms with Gasteiger partial charge in [-0.1, -0.05) is 11.8 Å². The Bertz CT molecular complexity index is 894. The monoisotopic (exact) mass is 360 g/mol. The zero-order chi connectivity index (χ0) is 18.0. The fourth-order valence-electron chi connectivity index (χ4n) is 2.17. The Morgan fingerprint density at radius 1 is 1.04 bits per heavy atom. The van der Waals surface area contributed by atoms with Crippen molar-refractivity contribution in [2.75, 3.05) is 0 Å². The smallest absolute Gasteiger partial charge is 0.230 e. The summed E-state index contributed by atoms with van der Waals surface area (Å²) >= 11 is 1.14. The van der Waals surface area contributed by atoms with E-state index in [1.54, 1.807) is 35.8 Å². The third kappa shape index (κ3) is 3.69. The van der Waals surface area contributed by atoms with Crippen LogP contribution in [0.5, 0.6) is 0 Å². The number of aromatic nitrogens is 3. The molecule has 5 nitrogen and oxygen atoms in total. The van der Waals surface area contributed by atoms with E-state index in [-0.39, 0.29) is 11.6 Å². The van der Waals surface area contributed by atoms with Crippen LogP contribution >= 0.6 is 11.8 Å². The van der Waals surface area contributed by atoms with Gasteiger partial charge < -0.3 is 5.73 Å². The van der Waals surface area contributed by atoms with Crippen LogP contribution in [0.4, 0.5) is 8.78 Å². The first-order chi connectivity index (χ1) is 12.0. The van der Waals surface area contributed by atoms with Crippen LogP contribution < -0.4 is 5.73 Å². The van der Waals surface area contributed by atoms with Gasteiger partial charge in [0.2, 0.25) is 5.91 Å². The van der Waals surface area contributed by atoms with Crippen molar-refractivity contribution in [3.8, 4) is 17.1 Å². The molecule has 128 valence electrons. The largest absolute Gasteiger partial charge is 0.369 e. The molecule has 0 aliphatic rings. The molecule has 25 heavy (non-hydrogen) atoms. The summed E-state index contributed by atoms with van der Waals surface area (Å²) < 4.78 is 28.1. The molecule has 0 bridgehead atoms. The molecular formula is C17H14F2N4OS. The third-order valence-corrected chi connectivity index (χ3v) is 4.56. The highest BCUT2D eigenvalue weighted by Gasteiger charge is 2.20. The highest BCUT2D eigenvalue weighted by Crippen LogP contribution is 2.30. The summed E-state index contributed by atoms with van der Waals surface area (Å²) in [6.07, 6.45) is 0. The molecule has 8 heteroatoms. The van der Waals surface area contributed by atoms with Gasteiger partial charge in [-0.15, -0.1) is 10.2 Å². The number of carbonyl (C=O) groups excluding carboxylic acids is 1. The molecule has 1 heterocycles. The van der Waals surface area contributed by atoms with Gasteiger partial charge >= 0.3 is 0 Å². The molecule has 2 N–H and O–H groups in total. The van der Waals surface area contributed by atoms with Crippen molar-refractivity contribution in [1.29, 1.82) is 0 Å². The van der Waals surface area contributed by atoms with Gasteiger partial charge in [-0.05, 0) is 55.5 Å². The topological polar surface area (TPSA) is 73.8 Å². The number of primary amides is 1. The quantitative estimate of drug-likeness (QED) is 0.709. The van der Waals surface area contributed by atoms with E-state index in [2.05, 4.69) is 10.2 Å². The average Bonchev–Trinajstić information content (AvgIpc) is 2.99. The zero-order valence-corrected chi connectivity index (χ0v) is 14.0. The van der Waals surface area contributed by atoms with Crippen LogP contribution in [-0.2, 0) is 4.79 Å². The van der Waals surface area contributed by atoms with Crippen LogP contribution in [0.2, 0.25) is 0 Å². The molecule has 0 radical (unpaired) electrons. The molecule has 0 saturated carbocycles. The van der Waals surface area contributed by atoms with Crippen molar-refractivity contribution in [3.63, 3.8) is 0 Å². The molecule has 0 saturated heterocycles. The molecule has 0 fully saturated rings. The van der Waals surface area contributed by atoms with Crippen LogP contribution in [0.25, 0.3) is 17.1 Å². The average molecular weight is 360 g/mol. The van der Waals surface area contributed by atoms with E-state index in [4.69, 9.17) is 5.73 Å². The lowest BCUT2D eigenvalue weighted by atomic mass is 10.2. The van der Waals surface area contributed by atoms with Gasteiger partial charge in [0.25, 0.3) is 0 Å². The number of nitrogens with two attached hydrogens (primary N) is 1. The second-order valence-corrected chi connectivity index (χ2v) is 6.60. The van der Waals surface area contributed by atoms with E-state index in [9.17, 15) is 13.6 Å². The minimum Gasteiger partial charge on any atom is -0.369 e. The lowest BCUT2D eigenvalue weighted by Gasteiger charge is -2.12. The summed E-state index contributed by atoms with van der Waals surface area (Å²) in [5, 5.41) is 8.17. The van der Waals surface area contributed by atoms with Crippen molar-refractivity contribution < 1.29 is 13.6 Å². The van der Waals surface area contributed by atoms with Crippen LogP contribution in [-0.4, -0.2) is 25.9 Å². The number of hydrogen-bond donors (Lipinski definition) is 1. The van der Waals surface area contributed by atoms with Gasteiger partial charge in [-0.25, -0.2) is 8.78 Å². The Labute approximate surface area is 146 Å². The number of nitrogens with zero attached hydrogens (tertiary/aromatic N) is 3. The molecule has 3 rings (SSSR count). The van der Waals surface area contributed by atoms with Crippen molar-refractivity contribution in [1.82, 2.24) is 14.8 Å². The molecule has 3 aromatic rings. The summed E-state index contributed by atoms with van der Waals surface area (Å²) in [5.41, 5.74) is 6.57. The maximum atomic E-state index is 13.3. The van der Waals surface area contributed by atoms with Gasteiger partial charge in [0, 0.05) is 11.3 Å². The van der Waals surface area contributed by atoms with Crippen molar-refractivity contribution in [2.24, 2.45) is 5.73 Å². The van der Waals surface area contributed by atoms with Crippen LogP contribution in [0.1, 0.15) is 6.92 Å². The van der Waals surface area contributed by atoms with Gasteiger partial charge in [0.1, 0.15) is 11.6 Å². The Balaban J connectivity index is 2.12. The van der Waals surface area contributed by atoms with E-state index in [1.165, 1.54) is 24.3 Å². The maximum Gasteiger partial charge on any atom is 0.230 e. The highest BCUT2D eigenvalue weighted by atomic mass is 32.2. The minimum absolute atomic E-state index is 0.367. The second kappa shape index (κ2) is 7.02. The van der Waals surface area contributed by atoms with E-state index in [0.29, 0.717) is 22.2 Å². The van der Waals surface area contributed by atoms with Crippen LogP contribution in [0.3, 0.4) is 0 Å². The molecule has 1 amide bonds. The first-order valence-electron chi connectivity index (χ1n) is 7.39. The first-order valence-corrected chi connectivity index (χ1v) is 8.27. The Morgan fingerprint density at radius 2 is 1.60 bits per heavy atom. The standard InChI is InChI=1S/C17H14F2N4OS/c1-10(15(20)24)25-17-22-21-16(11-2-4-12(18)5-3-11)23(17)14-8-6-13(19)7-9-14/h2-10H,1H3,(H2,20,24)/t10-/m0/s1. The lowest BCUT2D eigenvalue weighted by molar-refractivity contribution is -0.117. The minimum atomic E-state index is -0.524. The summed E-state index contributed by atoms with van der Waals surface area (Å²) in [7, 11) is 0. The molecular weight excluding hydrogens is 346 g/mol. The number of rotatable bonds is 5. The van der Waals surface area contributed by atoms with E-state index in [0.717, 1.165) is 11.8 Å². The number of carbonyl (C=O) groups is 1. The highest BCUT2D eigenvalue weighted by molar-refractivity contribution is 8.00. The Kier molecular flexibility index (Phi) is 4.80. The number of benzene rings is 2. The van der Waals surface area contributed by atoms with Crippen molar-refractivity contribution in [2.45, 2.75) is 17.3 Å². The predicted octanol–water partition coefficient (Wildman–Crippen LogP) is 3.18. The number of thioether (sulfide) groups is 1. The van der Waals surface area contributed by atoms with E-state index < -0.39 is 11.2 Å². The summed E-state index contributed by atoms with van der Waals surface area (Å²) in [6, 6.07) is 11.6. The Hall–Kier alpha value is -2.74. The maximum absolute atomic E-state index is 13.3. The first kappa shape index (κ1) is 17.1. The fraction of sp³-hybridized carbons (Fsp3) is 0.118. The molecule has 2 aromatic carbocycles. The lowest BCUT2D eigenvalue weighted by Crippen LogP contribution is -2.23. The normalized spacial score (nSPS) is 12.1.